The van der Waals surface area contributed by atoms with E-state index >= 15 is 0 Å². The highest BCUT2D eigenvalue weighted by atomic mass is 16.2. The molecule has 53 heavy (non-hydrogen) atoms. The second kappa shape index (κ2) is 15.2. The van der Waals surface area contributed by atoms with Crippen molar-refractivity contribution in [2.75, 3.05) is 45.8 Å². The molecule has 12 nitrogen and oxygen atoms in total. The molecule has 4 unspecified atom stereocenters. The van der Waals surface area contributed by atoms with E-state index in [4.69, 9.17) is 5.41 Å². The van der Waals surface area contributed by atoms with Gasteiger partial charge in [-0.25, -0.2) is 0 Å². The maximum absolute atomic E-state index is 13.3. The van der Waals surface area contributed by atoms with Gasteiger partial charge in [0.25, 0.3) is 5.91 Å². The number of anilines is 5. The Morgan fingerprint density at radius 3 is 2.45 bits per heavy atom. The molecule has 0 spiro atoms. The summed E-state index contributed by atoms with van der Waals surface area (Å²) in [6.45, 7) is 3.03. The molecule has 3 amide bonds. The molecule has 276 valence electrons. The highest BCUT2D eigenvalue weighted by Crippen LogP contribution is 2.35. The number of rotatable bonds is 10. The molecule has 8 rings (SSSR count). The highest BCUT2D eigenvalue weighted by molar-refractivity contribution is 6.06. The van der Waals surface area contributed by atoms with Crippen LogP contribution < -0.4 is 36.8 Å². The van der Waals surface area contributed by atoms with E-state index in [0.717, 1.165) is 92.0 Å². The van der Waals surface area contributed by atoms with Crippen molar-refractivity contribution in [3.63, 3.8) is 0 Å². The first kappa shape index (κ1) is 34.6. The van der Waals surface area contributed by atoms with Gasteiger partial charge in [0, 0.05) is 96.9 Å². The van der Waals surface area contributed by atoms with Crippen LogP contribution in [0.1, 0.15) is 67.3 Å². The molecule has 1 saturated carbocycles. The lowest BCUT2D eigenvalue weighted by Crippen LogP contribution is -2.52. The van der Waals surface area contributed by atoms with Crippen molar-refractivity contribution in [1.29, 1.82) is 5.41 Å². The fourth-order valence-electron chi connectivity index (χ4n) is 8.60. The fourth-order valence-corrected chi connectivity index (χ4v) is 8.60. The summed E-state index contributed by atoms with van der Waals surface area (Å²) in [5, 5.41) is 28.7. The molecule has 0 aromatic heterocycles. The normalized spacial score (nSPS) is 24.7. The number of benzene rings is 3. The SMILES string of the molecule is N=C/C(=C\NC1CCN(c2cccc(NC3CCCC(Nc4cccc5c4CN(C4CCC(=O)NC4=O)C5=O)C3)c2)CC1)C1CNc2ccccc2N1. The van der Waals surface area contributed by atoms with Crippen molar-refractivity contribution >= 4 is 52.4 Å². The molecule has 4 heterocycles. The molecule has 3 fully saturated rings. The molecule has 12 heteroatoms. The summed E-state index contributed by atoms with van der Waals surface area (Å²) < 4.78 is 0. The summed E-state index contributed by atoms with van der Waals surface area (Å²) >= 11 is 0. The quantitative estimate of drug-likeness (QED) is 0.110. The Kier molecular flexibility index (Phi) is 9.92. The third-order valence-corrected chi connectivity index (χ3v) is 11.5. The molecule has 3 aromatic carbocycles. The third kappa shape index (κ3) is 7.53. The lowest BCUT2D eigenvalue weighted by atomic mass is 9.90. The van der Waals surface area contributed by atoms with Crippen LogP contribution >= 0.6 is 0 Å². The van der Waals surface area contributed by atoms with Gasteiger partial charge in [-0.05, 0) is 87.4 Å². The van der Waals surface area contributed by atoms with E-state index in [-0.39, 0.29) is 36.2 Å². The maximum Gasteiger partial charge on any atom is 0.255 e. The second-order valence-corrected chi connectivity index (χ2v) is 15.0. The van der Waals surface area contributed by atoms with Crippen molar-refractivity contribution in [2.45, 2.75) is 88.1 Å². The van der Waals surface area contributed by atoms with Crippen molar-refractivity contribution in [3.8, 4) is 0 Å². The molecule has 5 aliphatic rings. The summed E-state index contributed by atoms with van der Waals surface area (Å²) in [6, 6.07) is 23.1. The minimum atomic E-state index is -0.618. The number of fused-ring (bicyclic) bond motifs is 2. The number of carbonyl (C=O) groups excluding carboxylic acids is 3. The van der Waals surface area contributed by atoms with Gasteiger partial charge in [0.2, 0.25) is 11.8 Å². The number of imide groups is 1. The standard InChI is InChI=1S/C41H49N9O3/c42-22-26(37-24-44-35-11-1-2-12-36(35)47-37)23-43-27-16-18-49(19-17-27)31-9-4-8-30(21-31)45-28-6-3-7-29(20-28)46-34-13-5-10-32-33(34)25-50(41(32)53)38-14-15-39(51)48-40(38)52/h1-2,4-5,8-13,21-23,27-29,37-38,42-47H,3,6-7,14-20,24-25H2,(H,48,51,52)/b26-23+,42-22?. The first-order chi connectivity index (χ1) is 25.9. The fraction of sp³-hybridized carbons (Fsp3) is 0.415. The lowest BCUT2D eigenvalue weighted by Gasteiger charge is -2.35. The average molecular weight is 716 g/mol. The van der Waals surface area contributed by atoms with E-state index in [1.54, 1.807) is 4.90 Å². The van der Waals surface area contributed by atoms with E-state index in [1.165, 1.54) is 11.9 Å². The van der Waals surface area contributed by atoms with Gasteiger partial charge in [0.15, 0.2) is 0 Å². The number of nitrogens with zero attached hydrogens (tertiary/aromatic N) is 2. The monoisotopic (exact) mass is 715 g/mol. The van der Waals surface area contributed by atoms with Crippen LogP contribution in [0.25, 0.3) is 0 Å². The predicted octanol–water partition coefficient (Wildman–Crippen LogP) is 5.28. The number of para-hydroxylation sites is 2. The smallest absolute Gasteiger partial charge is 0.255 e. The minimum absolute atomic E-state index is 0.0444. The van der Waals surface area contributed by atoms with E-state index < -0.39 is 6.04 Å². The lowest BCUT2D eigenvalue weighted by molar-refractivity contribution is -0.136. The predicted molar refractivity (Wildman–Crippen MR) is 210 cm³/mol. The molecule has 7 N–H and O–H groups in total. The van der Waals surface area contributed by atoms with Crippen molar-refractivity contribution in [3.05, 3.63) is 89.6 Å². The summed E-state index contributed by atoms with van der Waals surface area (Å²) in [4.78, 5) is 41.7. The average Bonchev–Trinajstić information content (AvgIpc) is 3.52. The number of hydrogen-bond donors (Lipinski definition) is 7. The molecule has 3 aromatic rings. The van der Waals surface area contributed by atoms with Gasteiger partial charge in [-0.3, -0.25) is 19.7 Å². The van der Waals surface area contributed by atoms with Gasteiger partial charge in [0.1, 0.15) is 6.04 Å². The van der Waals surface area contributed by atoms with Crippen molar-refractivity contribution in [2.24, 2.45) is 0 Å². The van der Waals surface area contributed by atoms with Gasteiger partial charge in [-0.15, -0.1) is 0 Å². The summed E-state index contributed by atoms with van der Waals surface area (Å²) in [6.07, 6.45) is 10.3. The van der Waals surface area contributed by atoms with Crippen molar-refractivity contribution < 1.29 is 14.4 Å². The molecule has 4 aliphatic heterocycles. The van der Waals surface area contributed by atoms with E-state index in [2.05, 4.69) is 73.2 Å². The van der Waals surface area contributed by atoms with Crippen molar-refractivity contribution in [1.82, 2.24) is 15.5 Å². The molecule has 2 saturated heterocycles. The van der Waals surface area contributed by atoms with Crippen LogP contribution in [0.4, 0.5) is 28.4 Å². The van der Waals surface area contributed by atoms with Gasteiger partial charge < -0.3 is 41.8 Å². The molecular formula is C41H49N9O3. The van der Waals surface area contributed by atoms with E-state index in [1.807, 2.05) is 36.5 Å². The first-order valence-corrected chi connectivity index (χ1v) is 19.1. The number of nitrogens with one attached hydrogen (secondary N) is 7. The van der Waals surface area contributed by atoms with Gasteiger partial charge >= 0.3 is 0 Å². The number of carbonyl (C=O) groups is 3. The molecule has 1 aliphatic carbocycles. The summed E-state index contributed by atoms with van der Waals surface area (Å²) in [5.74, 6) is -0.811. The van der Waals surface area contributed by atoms with Crippen LogP contribution in [0.5, 0.6) is 0 Å². The Hall–Kier alpha value is -5.52. The summed E-state index contributed by atoms with van der Waals surface area (Å²) in [7, 11) is 0. The number of piperidine rings is 2. The Bertz CT molecular complexity index is 1900. The van der Waals surface area contributed by atoms with Gasteiger partial charge in [0.05, 0.1) is 17.4 Å². The Morgan fingerprint density at radius 2 is 1.64 bits per heavy atom. The van der Waals surface area contributed by atoms with Crippen LogP contribution in [-0.4, -0.2) is 78.7 Å². The maximum atomic E-state index is 13.3. The summed E-state index contributed by atoms with van der Waals surface area (Å²) in [5.41, 5.74) is 7.98. The third-order valence-electron chi connectivity index (χ3n) is 11.5. The molecule has 4 atom stereocenters. The highest BCUT2D eigenvalue weighted by Gasteiger charge is 2.40. The first-order valence-electron chi connectivity index (χ1n) is 19.1. The molecular weight excluding hydrogens is 667 g/mol. The van der Waals surface area contributed by atoms with Crippen LogP contribution in [0, 0.1) is 5.41 Å². The minimum Gasteiger partial charge on any atom is -0.388 e. The number of amides is 3. The molecule has 0 radical (unpaired) electrons. The van der Waals surface area contributed by atoms with E-state index in [9.17, 15) is 14.4 Å². The zero-order valence-electron chi connectivity index (χ0n) is 30.0. The topological polar surface area (TPSA) is 154 Å². The zero-order valence-corrected chi connectivity index (χ0v) is 30.0. The largest absolute Gasteiger partial charge is 0.388 e. The van der Waals surface area contributed by atoms with Gasteiger partial charge in [-0.1, -0.05) is 24.3 Å². The Balaban J connectivity index is 0.835. The van der Waals surface area contributed by atoms with Crippen LogP contribution in [0.3, 0.4) is 0 Å². The Morgan fingerprint density at radius 1 is 0.849 bits per heavy atom. The van der Waals surface area contributed by atoms with Crippen LogP contribution in [0.2, 0.25) is 0 Å². The Labute approximate surface area is 310 Å². The van der Waals surface area contributed by atoms with E-state index in [0.29, 0.717) is 30.6 Å². The van der Waals surface area contributed by atoms with Crippen LogP contribution in [-0.2, 0) is 16.1 Å². The second-order valence-electron chi connectivity index (χ2n) is 15.0. The molecule has 0 bridgehead atoms. The van der Waals surface area contributed by atoms with Gasteiger partial charge in [-0.2, -0.15) is 0 Å². The van der Waals surface area contributed by atoms with Crippen LogP contribution in [0.15, 0.2) is 78.5 Å². The number of hydrogen-bond acceptors (Lipinski definition) is 10. The zero-order chi connectivity index (χ0) is 36.3.